The molecule has 0 fully saturated rings. The molecule has 1 aromatic carbocycles. The first-order chi connectivity index (χ1) is 7.63. The first-order valence-corrected chi connectivity index (χ1v) is 7.11. The zero-order valence-electron chi connectivity index (χ0n) is 10.0. The van der Waals surface area contributed by atoms with Gasteiger partial charge in [-0.3, -0.25) is 0 Å². The van der Waals surface area contributed by atoms with Crippen LogP contribution in [-0.2, 0) is 6.42 Å². The highest BCUT2D eigenvalue weighted by molar-refractivity contribution is 7.99. The van der Waals surface area contributed by atoms with Gasteiger partial charge in [-0.25, -0.2) is 0 Å². The minimum Gasteiger partial charge on any atom is -0.330 e. The molecule has 1 aromatic rings. The predicted octanol–water partition coefficient (Wildman–Crippen LogP) is 3.98. The Hall–Kier alpha value is -0.180. The maximum atomic E-state index is 5.99. The first-order valence-electron chi connectivity index (χ1n) is 5.74. The van der Waals surface area contributed by atoms with E-state index in [1.54, 1.807) is 0 Å². The van der Waals surface area contributed by atoms with Crippen LogP contribution in [0.2, 0.25) is 5.02 Å². The molecular formula is C13H20ClNS. The van der Waals surface area contributed by atoms with E-state index in [0.29, 0.717) is 6.54 Å². The average molecular weight is 258 g/mol. The molecule has 0 bridgehead atoms. The molecule has 0 spiro atoms. The van der Waals surface area contributed by atoms with E-state index in [1.807, 2.05) is 23.9 Å². The van der Waals surface area contributed by atoms with Gasteiger partial charge in [0.1, 0.15) is 0 Å². The highest BCUT2D eigenvalue weighted by Gasteiger charge is 2.04. The van der Waals surface area contributed by atoms with Crippen molar-refractivity contribution in [2.75, 3.05) is 12.3 Å². The lowest BCUT2D eigenvalue weighted by atomic mass is 10.1. The zero-order chi connectivity index (χ0) is 12.0. The van der Waals surface area contributed by atoms with Crippen LogP contribution in [0.5, 0.6) is 0 Å². The molecule has 0 unspecified atom stereocenters. The summed E-state index contributed by atoms with van der Waals surface area (Å²) in [6, 6.07) is 6.10. The van der Waals surface area contributed by atoms with E-state index in [1.165, 1.54) is 16.9 Å². The van der Waals surface area contributed by atoms with E-state index in [2.05, 4.69) is 19.9 Å². The topological polar surface area (TPSA) is 26.0 Å². The fourth-order valence-electron chi connectivity index (χ4n) is 1.44. The van der Waals surface area contributed by atoms with Gasteiger partial charge in [0, 0.05) is 9.92 Å². The fraction of sp³-hybridized carbons (Fsp3) is 0.538. The summed E-state index contributed by atoms with van der Waals surface area (Å²) in [5.74, 6) is 1.93. The van der Waals surface area contributed by atoms with Crippen LogP contribution >= 0.6 is 23.4 Å². The number of halogens is 1. The monoisotopic (exact) mass is 257 g/mol. The molecule has 0 radical (unpaired) electrons. The lowest BCUT2D eigenvalue weighted by molar-refractivity contribution is 0.632. The number of hydrogen-bond acceptors (Lipinski definition) is 2. The lowest BCUT2D eigenvalue weighted by Crippen LogP contribution is -2.04. The Labute approximate surface area is 108 Å². The van der Waals surface area contributed by atoms with Crippen LogP contribution in [0, 0.1) is 5.92 Å². The van der Waals surface area contributed by atoms with Crippen LogP contribution < -0.4 is 5.73 Å². The van der Waals surface area contributed by atoms with Crippen LogP contribution in [0.25, 0.3) is 0 Å². The third-order valence-corrected chi connectivity index (χ3v) is 3.77. The largest absolute Gasteiger partial charge is 0.330 e. The molecule has 0 saturated heterocycles. The molecule has 1 nitrogen and oxygen atoms in total. The second-order valence-electron chi connectivity index (χ2n) is 4.32. The van der Waals surface area contributed by atoms with Gasteiger partial charge in [0.05, 0.1) is 0 Å². The summed E-state index contributed by atoms with van der Waals surface area (Å²) in [5, 5.41) is 0.802. The minimum absolute atomic E-state index is 0.679. The zero-order valence-corrected chi connectivity index (χ0v) is 11.6. The SMILES string of the molecule is CC(C)CCSc1ccc(Cl)cc1CCN. The van der Waals surface area contributed by atoms with Crippen LogP contribution in [0.4, 0.5) is 0 Å². The van der Waals surface area contributed by atoms with Crippen molar-refractivity contribution in [1.29, 1.82) is 0 Å². The van der Waals surface area contributed by atoms with Crippen LogP contribution in [0.1, 0.15) is 25.8 Å². The molecule has 2 N–H and O–H groups in total. The highest BCUT2D eigenvalue weighted by Crippen LogP contribution is 2.27. The molecule has 0 aliphatic carbocycles. The molecule has 0 atom stereocenters. The second kappa shape index (κ2) is 7.21. The Kier molecular flexibility index (Phi) is 6.25. The molecule has 0 aromatic heterocycles. The summed E-state index contributed by atoms with van der Waals surface area (Å²) in [4.78, 5) is 1.33. The van der Waals surface area contributed by atoms with E-state index >= 15 is 0 Å². The lowest BCUT2D eigenvalue weighted by Gasteiger charge is -2.10. The van der Waals surface area contributed by atoms with Gasteiger partial charge in [-0.15, -0.1) is 11.8 Å². The Morgan fingerprint density at radius 1 is 1.38 bits per heavy atom. The summed E-state index contributed by atoms with van der Waals surface area (Å²) in [7, 11) is 0. The van der Waals surface area contributed by atoms with E-state index in [9.17, 15) is 0 Å². The van der Waals surface area contributed by atoms with Gasteiger partial charge in [-0.05, 0) is 54.8 Å². The maximum absolute atomic E-state index is 5.99. The Morgan fingerprint density at radius 3 is 2.75 bits per heavy atom. The molecule has 90 valence electrons. The number of hydrogen-bond donors (Lipinski definition) is 1. The third kappa shape index (κ3) is 4.77. The van der Waals surface area contributed by atoms with Crippen LogP contribution in [-0.4, -0.2) is 12.3 Å². The van der Waals surface area contributed by atoms with Gasteiger partial charge in [-0.1, -0.05) is 25.4 Å². The number of rotatable bonds is 6. The molecule has 0 aliphatic heterocycles. The quantitative estimate of drug-likeness (QED) is 0.781. The molecule has 16 heavy (non-hydrogen) atoms. The van der Waals surface area contributed by atoms with Gasteiger partial charge in [0.15, 0.2) is 0 Å². The Bertz CT molecular complexity index is 326. The van der Waals surface area contributed by atoms with Crippen LogP contribution in [0.3, 0.4) is 0 Å². The normalized spacial score (nSPS) is 11.1. The van der Waals surface area contributed by atoms with Gasteiger partial charge in [-0.2, -0.15) is 0 Å². The Morgan fingerprint density at radius 2 is 2.12 bits per heavy atom. The fourth-order valence-corrected chi connectivity index (χ4v) is 2.96. The summed E-state index contributed by atoms with van der Waals surface area (Å²) < 4.78 is 0. The van der Waals surface area contributed by atoms with Crippen LogP contribution in [0.15, 0.2) is 23.1 Å². The summed E-state index contributed by atoms with van der Waals surface area (Å²) >= 11 is 7.90. The minimum atomic E-state index is 0.679. The smallest absolute Gasteiger partial charge is 0.0409 e. The predicted molar refractivity (Wildman–Crippen MR) is 74.4 cm³/mol. The molecule has 0 saturated carbocycles. The van der Waals surface area contributed by atoms with Crippen molar-refractivity contribution in [1.82, 2.24) is 0 Å². The van der Waals surface area contributed by atoms with E-state index in [4.69, 9.17) is 17.3 Å². The van der Waals surface area contributed by atoms with E-state index < -0.39 is 0 Å². The standard InChI is InChI=1S/C13H20ClNS/c1-10(2)6-8-16-13-4-3-12(14)9-11(13)5-7-15/h3-4,9-10H,5-8,15H2,1-2H3. The Balaban J connectivity index is 2.63. The van der Waals surface area contributed by atoms with Crippen molar-refractivity contribution in [2.45, 2.75) is 31.6 Å². The highest BCUT2D eigenvalue weighted by atomic mass is 35.5. The number of thioether (sulfide) groups is 1. The first kappa shape index (κ1) is 13.9. The maximum Gasteiger partial charge on any atom is 0.0409 e. The molecule has 1 rings (SSSR count). The average Bonchev–Trinajstić information content (AvgIpc) is 2.21. The molecule has 3 heteroatoms. The van der Waals surface area contributed by atoms with Crippen molar-refractivity contribution in [3.05, 3.63) is 28.8 Å². The number of benzene rings is 1. The molecule has 0 amide bonds. The summed E-state index contributed by atoms with van der Waals surface area (Å²) in [6.45, 7) is 5.19. The van der Waals surface area contributed by atoms with Crippen molar-refractivity contribution >= 4 is 23.4 Å². The molecule has 0 aliphatic rings. The summed E-state index contributed by atoms with van der Waals surface area (Å²) in [6.07, 6.45) is 2.15. The summed E-state index contributed by atoms with van der Waals surface area (Å²) in [5.41, 5.74) is 6.89. The van der Waals surface area contributed by atoms with E-state index in [0.717, 1.165) is 23.1 Å². The van der Waals surface area contributed by atoms with Gasteiger partial charge < -0.3 is 5.73 Å². The van der Waals surface area contributed by atoms with E-state index in [-0.39, 0.29) is 0 Å². The van der Waals surface area contributed by atoms with Gasteiger partial charge >= 0.3 is 0 Å². The third-order valence-electron chi connectivity index (χ3n) is 2.39. The van der Waals surface area contributed by atoms with Crippen molar-refractivity contribution in [2.24, 2.45) is 11.7 Å². The van der Waals surface area contributed by atoms with Crippen molar-refractivity contribution < 1.29 is 0 Å². The van der Waals surface area contributed by atoms with Gasteiger partial charge in [0.25, 0.3) is 0 Å². The molecular weight excluding hydrogens is 238 g/mol. The van der Waals surface area contributed by atoms with Crippen molar-refractivity contribution in [3.63, 3.8) is 0 Å². The van der Waals surface area contributed by atoms with Crippen molar-refractivity contribution in [3.8, 4) is 0 Å². The number of nitrogens with two attached hydrogens (primary N) is 1. The second-order valence-corrected chi connectivity index (χ2v) is 5.89. The molecule has 0 heterocycles. The van der Waals surface area contributed by atoms with Gasteiger partial charge in [0.2, 0.25) is 0 Å².